The van der Waals surface area contributed by atoms with Crippen LogP contribution in [0, 0.1) is 0 Å². The molecular formula is C31H80N6. The highest BCUT2D eigenvalue weighted by Gasteiger charge is 1.98. The molecule has 0 spiro atoms. The summed E-state index contributed by atoms with van der Waals surface area (Å²) in [6.07, 6.45) is 7.47. The van der Waals surface area contributed by atoms with E-state index in [9.17, 15) is 0 Å². The molecule has 0 radical (unpaired) electrons. The molecule has 0 amide bonds. The van der Waals surface area contributed by atoms with Gasteiger partial charge in [-0.05, 0) is 117 Å². The highest BCUT2D eigenvalue weighted by atomic mass is 15.1. The summed E-state index contributed by atoms with van der Waals surface area (Å²) in [5.74, 6) is 0. The van der Waals surface area contributed by atoms with Crippen LogP contribution in [-0.2, 0) is 0 Å². The maximum absolute atomic E-state index is 5.11. The highest BCUT2D eigenvalue weighted by Crippen LogP contribution is 1.94. The monoisotopic (exact) mass is 537 g/mol. The first kappa shape index (κ1) is 49.7. The first-order valence-electron chi connectivity index (χ1n) is 16.0. The Kier molecular flexibility index (Phi) is 75.3. The normalized spacial score (nSPS) is 9.57. The summed E-state index contributed by atoms with van der Waals surface area (Å²) in [7, 11) is 0. The maximum atomic E-state index is 5.11. The van der Waals surface area contributed by atoms with Crippen LogP contribution in [0.1, 0.15) is 129 Å². The highest BCUT2D eigenvalue weighted by molar-refractivity contribution is 4.53. The molecule has 0 aliphatic heterocycles. The smallest absolute Gasteiger partial charge is 0.00179 e. The van der Waals surface area contributed by atoms with E-state index in [4.69, 9.17) is 11.5 Å². The van der Waals surface area contributed by atoms with Crippen LogP contribution in [0.4, 0.5) is 0 Å². The van der Waals surface area contributed by atoms with Gasteiger partial charge in [0.05, 0.1) is 0 Å². The molecule has 0 atom stereocenters. The molecule has 0 saturated carbocycles. The van der Waals surface area contributed by atoms with Gasteiger partial charge in [-0.25, -0.2) is 0 Å². The molecule has 0 fully saturated rings. The van der Waals surface area contributed by atoms with E-state index in [-0.39, 0.29) is 0 Å². The van der Waals surface area contributed by atoms with E-state index >= 15 is 0 Å². The van der Waals surface area contributed by atoms with Crippen molar-refractivity contribution >= 4 is 0 Å². The van der Waals surface area contributed by atoms with Gasteiger partial charge < -0.3 is 31.9 Å². The molecule has 6 heteroatoms. The first-order valence-corrected chi connectivity index (χ1v) is 16.0. The predicted molar refractivity (Wildman–Crippen MR) is 177 cm³/mol. The lowest BCUT2D eigenvalue weighted by Gasteiger charge is -2.19. The lowest BCUT2D eigenvalue weighted by atomic mass is 10.3. The number of nitrogens with one attached hydrogen (secondary N) is 2. The lowest BCUT2D eigenvalue weighted by Crippen LogP contribution is -2.25. The summed E-state index contributed by atoms with van der Waals surface area (Å²) in [6, 6.07) is 0.333. The number of rotatable bonds is 16. The van der Waals surface area contributed by atoms with Crippen molar-refractivity contribution in [3.8, 4) is 0 Å². The van der Waals surface area contributed by atoms with Crippen molar-refractivity contribution in [1.82, 2.24) is 20.4 Å². The molecule has 0 saturated heterocycles. The average Bonchev–Trinajstić information content (AvgIpc) is 2.87. The van der Waals surface area contributed by atoms with Gasteiger partial charge in [-0.2, -0.15) is 0 Å². The van der Waals surface area contributed by atoms with E-state index in [1.165, 1.54) is 84.5 Å². The fraction of sp³-hybridized carbons (Fsp3) is 1.00. The molecule has 0 bridgehead atoms. The van der Waals surface area contributed by atoms with Gasteiger partial charge in [0.25, 0.3) is 0 Å². The van der Waals surface area contributed by atoms with Crippen LogP contribution in [0.2, 0.25) is 0 Å². The van der Waals surface area contributed by atoms with Crippen molar-refractivity contribution in [2.75, 3.05) is 72.0 Å². The Morgan fingerprint density at radius 1 is 0.514 bits per heavy atom. The van der Waals surface area contributed by atoms with Crippen LogP contribution in [0.25, 0.3) is 0 Å². The molecule has 6 nitrogen and oxygen atoms in total. The zero-order valence-electron chi connectivity index (χ0n) is 28.6. The molecule has 0 rings (SSSR count). The van der Waals surface area contributed by atoms with Crippen LogP contribution in [-0.4, -0.2) is 87.8 Å². The maximum Gasteiger partial charge on any atom is -0.00179 e. The molecular weight excluding hydrogens is 456 g/mol. The van der Waals surface area contributed by atoms with Crippen molar-refractivity contribution in [3.63, 3.8) is 0 Å². The Balaban J connectivity index is -0.0000000806. The number of hydrogen-bond donors (Lipinski definition) is 4. The van der Waals surface area contributed by atoms with Crippen molar-refractivity contribution < 1.29 is 0 Å². The molecule has 0 aliphatic rings. The standard InChI is InChI=1S/C9H21N.2C6H15N.C4H11N.2C3H9N/c1-4-7-10(8-5-2)9-6-3;1-4-7(5-2)6-3;1-3-5-7-6-4-2;1-3-5-4-2;1-3(2)4;1-2-3-4/h4-9H2,1-3H3;4-6H2,1-3H3;7H,3-6H2,1-2H3;5H,3-4H2,1-2H3;3H,4H2,1-2H3;2-4H2,1H3. The van der Waals surface area contributed by atoms with Crippen LogP contribution < -0.4 is 22.1 Å². The van der Waals surface area contributed by atoms with Crippen molar-refractivity contribution in [1.29, 1.82) is 0 Å². The summed E-state index contributed by atoms with van der Waals surface area (Å²) in [5, 5.41) is 6.40. The minimum Gasteiger partial charge on any atom is -0.330 e. The first-order chi connectivity index (χ1) is 17.7. The minimum absolute atomic E-state index is 0.333. The van der Waals surface area contributed by atoms with E-state index in [2.05, 4.69) is 96.6 Å². The summed E-state index contributed by atoms with van der Waals surface area (Å²) in [4.78, 5) is 4.92. The van der Waals surface area contributed by atoms with Crippen molar-refractivity contribution in [2.24, 2.45) is 11.5 Å². The van der Waals surface area contributed by atoms with E-state index in [0.717, 1.165) is 26.1 Å². The Hall–Kier alpha value is -0.240. The Bertz CT molecular complexity index is 256. The third-order valence-corrected chi connectivity index (χ3v) is 4.60. The molecule has 0 unspecified atom stereocenters. The number of nitrogens with two attached hydrogens (primary N) is 2. The van der Waals surface area contributed by atoms with Gasteiger partial charge >= 0.3 is 0 Å². The fourth-order valence-electron chi connectivity index (χ4n) is 2.68. The summed E-state index contributed by atoms with van der Waals surface area (Å²) >= 11 is 0. The zero-order valence-corrected chi connectivity index (χ0v) is 28.6. The quantitative estimate of drug-likeness (QED) is 0.167. The SMILES string of the molecule is CC(C)N.CCCN.CCCN(CCC)CCC.CCCNCCC.CCN(CC)CC.CCNCC. The second-order valence-corrected chi connectivity index (χ2v) is 9.20. The van der Waals surface area contributed by atoms with E-state index in [0.29, 0.717) is 6.04 Å². The van der Waals surface area contributed by atoms with Crippen LogP contribution in [0.5, 0.6) is 0 Å². The molecule has 37 heavy (non-hydrogen) atoms. The average molecular weight is 537 g/mol. The van der Waals surface area contributed by atoms with E-state index in [1.54, 1.807) is 0 Å². The molecule has 0 aliphatic carbocycles. The van der Waals surface area contributed by atoms with Gasteiger partial charge in [-0.15, -0.1) is 0 Å². The topological polar surface area (TPSA) is 82.6 Å². The molecule has 0 aromatic carbocycles. The van der Waals surface area contributed by atoms with Gasteiger partial charge in [0.1, 0.15) is 0 Å². The van der Waals surface area contributed by atoms with Crippen LogP contribution >= 0.6 is 0 Å². The number of hydrogen-bond acceptors (Lipinski definition) is 6. The Morgan fingerprint density at radius 3 is 0.919 bits per heavy atom. The molecule has 6 N–H and O–H groups in total. The van der Waals surface area contributed by atoms with Crippen LogP contribution in [0.15, 0.2) is 0 Å². The van der Waals surface area contributed by atoms with Gasteiger partial charge in [-0.3, -0.25) is 0 Å². The van der Waals surface area contributed by atoms with Gasteiger partial charge in [0.15, 0.2) is 0 Å². The second-order valence-electron chi connectivity index (χ2n) is 9.20. The van der Waals surface area contributed by atoms with Crippen molar-refractivity contribution in [2.45, 2.75) is 135 Å². The molecule has 234 valence electrons. The van der Waals surface area contributed by atoms with Crippen LogP contribution in [0.3, 0.4) is 0 Å². The van der Waals surface area contributed by atoms with Gasteiger partial charge in [-0.1, -0.05) is 90.0 Å². The van der Waals surface area contributed by atoms with Gasteiger partial charge in [0.2, 0.25) is 0 Å². The zero-order chi connectivity index (χ0) is 30.2. The molecule has 0 aromatic heterocycles. The predicted octanol–water partition coefficient (Wildman–Crippen LogP) is 6.59. The fourth-order valence-corrected chi connectivity index (χ4v) is 2.68. The largest absolute Gasteiger partial charge is 0.330 e. The Morgan fingerprint density at radius 2 is 0.811 bits per heavy atom. The van der Waals surface area contributed by atoms with E-state index < -0.39 is 0 Å². The minimum atomic E-state index is 0.333. The third-order valence-electron chi connectivity index (χ3n) is 4.60. The van der Waals surface area contributed by atoms with Crippen molar-refractivity contribution in [3.05, 3.63) is 0 Å². The molecule has 0 heterocycles. The summed E-state index contributed by atoms with van der Waals surface area (Å²) < 4.78 is 0. The summed E-state index contributed by atoms with van der Waals surface area (Å²) in [5.41, 5.74) is 10.1. The number of nitrogens with zero attached hydrogens (tertiary/aromatic N) is 2. The molecule has 0 aromatic rings. The van der Waals surface area contributed by atoms with Gasteiger partial charge in [0, 0.05) is 0 Å². The lowest BCUT2D eigenvalue weighted by molar-refractivity contribution is 0.275. The third kappa shape index (κ3) is 86.1. The second kappa shape index (κ2) is 56.1. The van der Waals surface area contributed by atoms with E-state index in [1.807, 2.05) is 13.8 Å². The Labute approximate surface area is 238 Å². The summed E-state index contributed by atoms with van der Waals surface area (Å²) in [6.45, 7) is 40.6.